The van der Waals surface area contributed by atoms with Crippen LogP contribution in [0, 0.1) is 0 Å². The van der Waals surface area contributed by atoms with E-state index in [1.807, 2.05) is 18.2 Å². The van der Waals surface area contributed by atoms with Gasteiger partial charge in [-0.3, -0.25) is 4.90 Å². The van der Waals surface area contributed by atoms with Gasteiger partial charge < -0.3 is 14.4 Å². The van der Waals surface area contributed by atoms with Gasteiger partial charge >= 0.3 is 0 Å². The molecule has 4 rings (SSSR count). The normalized spacial score (nSPS) is 17.8. The van der Waals surface area contributed by atoms with Gasteiger partial charge in [-0.25, -0.2) is 0 Å². The Morgan fingerprint density at radius 3 is 2.29 bits per heavy atom. The number of benzene rings is 2. The second-order valence-corrected chi connectivity index (χ2v) is 6.65. The molecule has 0 bridgehead atoms. The summed E-state index contributed by atoms with van der Waals surface area (Å²) in [5, 5.41) is 0.794. The molecule has 24 heavy (non-hydrogen) atoms. The van der Waals surface area contributed by atoms with Crippen LogP contribution in [0.2, 0.25) is 5.02 Å². The molecule has 2 aromatic carbocycles. The number of rotatable bonds is 3. The van der Waals surface area contributed by atoms with E-state index in [-0.39, 0.29) is 0 Å². The number of fused-ring (bicyclic) bond motifs is 1. The van der Waals surface area contributed by atoms with E-state index in [1.165, 1.54) is 11.3 Å². The SMILES string of the molecule is Clc1ccc(CN2CCN(c3ccc4c(c3)OCCO4)CC2)cc1. The Labute approximate surface area is 147 Å². The van der Waals surface area contributed by atoms with Crippen LogP contribution >= 0.6 is 11.6 Å². The number of ether oxygens (including phenoxy) is 2. The minimum absolute atomic E-state index is 0.630. The summed E-state index contributed by atoms with van der Waals surface area (Å²) in [4.78, 5) is 4.90. The quantitative estimate of drug-likeness (QED) is 0.851. The molecule has 0 radical (unpaired) electrons. The van der Waals surface area contributed by atoms with Crippen molar-refractivity contribution in [1.29, 1.82) is 0 Å². The Kier molecular flexibility index (Phi) is 4.50. The molecule has 5 heteroatoms. The van der Waals surface area contributed by atoms with Gasteiger partial charge in [-0.05, 0) is 29.8 Å². The number of halogens is 1. The smallest absolute Gasteiger partial charge is 0.163 e. The molecule has 0 amide bonds. The van der Waals surface area contributed by atoms with Gasteiger partial charge in [0.15, 0.2) is 11.5 Å². The van der Waals surface area contributed by atoms with Gasteiger partial charge in [-0.15, -0.1) is 0 Å². The highest BCUT2D eigenvalue weighted by molar-refractivity contribution is 6.30. The van der Waals surface area contributed by atoms with Gasteiger partial charge in [0, 0.05) is 49.5 Å². The van der Waals surface area contributed by atoms with Crippen LogP contribution in [0.25, 0.3) is 0 Å². The number of hydrogen-bond acceptors (Lipinski definition) is 4. The van der Waals surface area contributed by atoms with Crippen molar-refractivity contribution in [3.05, 3.63) is 53.1 Å². The molecular weight excluding hydrogens is 324 g/mol. The van der Waals surface area contributed by atoms with Crippen molar-refractivity contribution in [3.8, 4) is 11.5 Å². The molecule has 0 N–H and O–H groups in total. The molecule has 4 nitrogen and oxygen atoms in total. The zero-order valence-electron chi connectivity index (χ0n) is 13.6. The Hall–Kier alpha value is -1.91. The van der Waals surface area contributed by atoms with Crippen LogP contribution in [0.1, 0.15) is 5.56 Å². The first-order valence-electron chi connectivity index (χ1n) is 8.39. The molecule has 126 valence electrons. The third-order valence-electron chi connectivity index (χ3n) is 4.58. The summed E-state index contributed by atoms with van der Waals surface area (Å²) in [7, 11) is 0. The van der Waals surface area contributed by atoms with Crippen molar-refractivity contribution in [1.82, 2.24) is 4.90 Å². The van der Waals surface area contributed by atoms with E-state index in [0.29, 0.717) is 13.2 Å². The molecule has 2 aliphatic heterocycles. The molecule has 0 aromatic heterocycles. The van der Waals surface area contributed by atoms with Gasteiger partial charge in [0.2, 0.25) is 0 Å². The Morgan fingerprint density at radius 2 is 1.54 bits per heavy atom. The van der Waals surface area contributed by atoms with E-state index < -0.39 is 0 Å². The van der Waals surface area contributed by atoms with Crippen molar-refractivity contribution in [2.45, 2.75) is 6.54 Å². The zero-order valence-corrected chi connectivity index (χ0v) is 14.3. The molecule has 2 aliphatic rings. The molecule has 0 atom stereocenters. The largest absolute Gasteiger partial charge is 0.486 e. The van der Waals surface area contributed by atoms with Crippen LogP contribution in [0.5, 0.6) is 11.5 Å². The van der Waals surface area contributed by atoms with E-state index in [4.69, 9.17) is 21.1 Å². The first kappa shape index (κ1) is 15.6. The van der Waals surface area contributed by atoms with Gasteiger partial charge in [0.1, 0.15) is 13.2 Å². The average molecular weight is 345 g/mol. The van der Waals surface area contributed by atoms with Crippen LogP contribution in [-0.2, 0) is 6.54 Å². The fourth-order valence-electron chi connectivity index (χ4n) is 3.24. The maximum Gasteiger partial charge on any atom is 0.163 e. The lowest BCUT2D eigenvalue weighted by atomic mass is 10.2. The van der Waals surface area contributed by atoms with Crippen molar-refractivity contribution >= 4 is 17.3 Å². The van der Waals surface area contributed by atoms with Gasteiger partial charge in [0.25, 0.3) is 0 Å². The highest BCUT2D eigenvalue weighted by Crippen LogP contribution is 2.34. The second kappa shape index (κ2) is 6.91. The number of nitrogens with zero attached hydrogens (tertiary/aromatic N) is 2. The third-order valence-corrected chi connectivity index (χ3v) is 4.83. The van der Waals surface area contributed by atoms with Crippen molar-refractivity contribution in [2.75, 3.05) is 44.3 Å². The van der Waals surface area contributed by atoms with Crippen molar-refractivity contribution < 1.29 is 9.47 Å². The molecule has 0 unspecified atom stereocenters. The van der Waals surface area contributed by atoms with Crippen LogP contribution in [0.4, 0.5) is 5.69 Å². The van der Waals surface area contributed by atoms with Crippen molar-refractivity contribution in [3.63, 3.8) is 0 Å². The predicted octanol–water partition coefficient (Wildman–Crippen LogP) is 3.43. The van der Waals surface area contributed by atoms with Gasteiger partial charge in [0.05, 0.1) is 0 Å². The summed E-state index contributed by atoms with van der Waals surface area (Å²) in [6.45, 7) is 6.39. The third kappa shape index (κ3) is 3.45. The molecular formula is C19H21ClN2O2. The molecule has 0 saturated carbocycles. The summed E-state index contributed by atoms with van der Waals surface area (Å²) in [6, 6.07) is 14.4. The van der Waals surface area contributed by atoms with Crippen molar-refractivity contribution in [2.24, 2.45) is 0 Å². The van der Waals surface area contributed by atoms with Crippen LogP contribution in [-0.4, -0.2) is 44.3 Å². The zero-order chi connectivity index (χ0) is 16.4. The first-order valence-corrected chi connectivity index (χ1v) is 8.77. The number of anilines is 1. The fraction of sp³-hybridized carbons (Fsp3) is 0.368. The topological polar surface area (TPSA) is 24.9 Å². The standard InChI is InChI=1S/C19H21ClN2O2/c20-16-3-1-15(2-4-16)14-21-7-9-22(10-8-21)17-5-6-18-19(13-17)24-12-11-23-18/h1-6,13H,7-12,14H2. The first-order chi connectivity index (χ1) is 11.8. The molecule has 0 aliphatic carbocycles. The summed E-state index contributed by atoms with van der Waals surface area (Å²) in [5.74, 6) is 1.72. The molecule has 0 spiro atoms. The van der Waals surface area contributed by atoms with Crippen LogP contribution < -0.4 is 14.4 Å². The maximum absolute atomic E-state index is 5.95. The fourth-order valence-corrected chi connectivity index (χ4v) is 3.37. The lowest BCUT2D eigenvalue weighted by molar-refractivity contribution is 0.171. The maximum atomic E-state index is 5.95. The van der Waals surface area contributed by atoms with E-state index in [9.17, 15) is 0 Å². The number of piperazine rings is 1. The molecule has 1 fully saturated rings. The van der Waals surface area contributed by atoms with Crippen LogP contribution in [0.15, 0.2) is 42.5 Å². The molecule has 2 aromatic rings. The minimum Gasteiger partial charge on any atom is -0.486 e. The van der Waals surface area contributed by atoms with E-state index in [0.717, 1.165) is 49.2 Å². The minimum atomic E-state index is 0.630. The molecule has 1 saturated heterocycles. The van der Waals surface area contributed by atoms with E-state index in [2.05, 4.69) is 34.1 Å². The number of hydrogen-bond donors (Lipinski definition) is 0. The lowest BCUT2D eigenvalue weighted by Crippen LogP contribution is -2.46. The lowest BCUT2D eigenvalue weighted by Gasteiger charge is -2.36. The average Bonchev–Trinajstić information content (AvgIpc) is 2.64. The Morgan fingerprint density at radius 1 is 0.833 bits per heavy atom. The van der Waals surface area contributed by atoms with Gasteiger partial charge in [-0.2, -0.15) is 0 Å². The highest BCUT2D eigenvalue weighted by Gasteiger charge is 2.19. The summed E-state index contributed by atoms with van der Waals surface area (Å²) < 4.78 is 11.3. The molecule has 2 heterocycles. The van der Waals surface area contributed by atoms with Gasteiger partial charge in [-0.1, -0.05) is 23.7 Å². The highest BCUT2D eigenvalue weighted by atomic mass is 35.5. The Balaban J connectivity index is 1.36. The summed E-state index contributed by atoms with van der Waals surface area (Å²) in [6.07, 6.45) is 0. The summed E-state index contributed by atoms with van der Waals surface area (Å²) >= 11 is 5.95. The van der Waals surface area contributed by atoms with E-state index in [1.54, 1.807) is 0 Å². The summed E-state index contributed by atoms with van der Waals surface area (Å²) in [5.41, 5.74) is 2.53. The van der Waals surface area contributed by atoms with E-state index >= 15 is 0 Å². The van der Waals surface area contributed by atoms with Crippen LogP contribution in [0.3, 0.4) is 0 Å². The second-order valence-electron chi connectivity index (χ2n) is 6.22. The Bertz CT molecular complexity index is 697. The predicted molar refractivity (Wildman–Crippen MR) is 96.4 cm³/mol. The monoisotopic (exact) mass is 344 g/mol.